The van der Waals surface area contributed by atoms with E-state index in [9.17, 15) is 4.79 Å². The van der Waals surface area contributed by atoms with Crippen molar-refractivity contribution in [3.63, 3.8) is 0 Å². The van der Waals surface area contributed by atoms with Crippen molar-refractivity contribution in [3.8, 4) is 0 Å². The molecule has 45 heavy (non-hydrogen) atoms. The summed E-state index contributed by atoms with van der Waals surface area (Å²) in [6.07, 6.45) is 14.9. The Morgan fingerprint density at radius 2 is 1.69 bits per heavy atom. The molecule has 3 aliphatic carbocycles. The van der Waals surface area contributed by atoms with Gasteiger partial charge in [-0.1, -0.05) is 78.8 Å². The zero-order chi connectivity index (χ0) is 34.0. The Labute approximate surface area is 278 Å². The van der Waals surface area contributed by atoms with Gasteiger partial charge in [-0.2, -0.15) is 0 Å². The first kappa shape index (κ1) is 38.2. The molecule has 2 fully saturated rings. The van der Waals surface area contributed by atoms with Crippen LogP contribution in [0.5, 0.6) is 0 Å². The van der Waals surface area contributed by atoms with Crippen molar-refractivity contribution in [2.45, 2.75) is 161 Å². The quantitative estimate of drug-likeness (QED) is 0.0957. The van der Waals surface area contributed by atoms with Crippen LogP contribution < -0.4 is 0 Å². The Morgan fingerprint density at radius 3 is 2.29 bits per heavy atom. The maximum atomic E-state index is 11.5. The van der Waals surface area contributed by atoms with Gasteiger partial charge in [0, 0.05) is 19.4 Å². The van der Waals surface area contributed by atoms with E-state index in [1.54, 1.807) is 5.57 Å². The van der Waals surface area contributed by atoms with Crippen molar-refractivity contribution >= 4 is 22.6 Å². The lowest BCUT2D eigenvalue weighted by Gasteiger charge is -2.45. The zero-order valence-corrected chi connectivity index (χ0v) is 33.2. The number of carbonyl (C=O) groups excluding carboxylic acids is 1. The summed E-state index contributed by atoms with van der Waals surface area (Å²) >= 11 is 0. The first-order valence-corrected chi connectivity index (χ1v) is 23.3. The number of allylic oxidation sites excluding steroid dienone is 4. The van der Waals surface area contributed by atoms with Crippen LogP contribution >= 0.6 is 0 Å². The predicted octanol–water partition coefficient (Wildman–Crippen LogP) is 10.5. The normalized spacial score (nSPS) is 29.1. The minimum atomic E-state index is -2.00. The van der Waals surface area contributed by atoms with Gasteiger partial charge in [-0.25, -0.2) is 0 Å². The van der Waals surface area contributed by atoms with Crippen LogP contribution in [-0.2, 0) is 23.1 Å². The molecule has 0 radical (unpaired) electrons. The molecule has 3 rings (SSSR count). The number of rotatable bonds is 11. The van der Waals surface area contributed by atoms with Crippen molar-refractivity contribution in [2.24, 2.45) is 11.3 Å². The molecule has 0 saturated heterocycles. The van der Waals surface area contributed by atoms with Crippen molar-refractivity contribution < 1.29 is 23.1 Å². The van der Waals surface area contributed by atoms with E-state index in [-0.39, 0.29) is 39.8 Å². The average molecular weight is 659 g/mol. The second-order valence-corrected chi connectivity index (χ2v) is 26.7. The molecule has 0 unspecified atom stereocenters. The molecule has 0 aromatic rings. The summed E-state index contributed by atoms with van der Waals surface area (Å²) in [6, 6.07) is 0. The van der Waals surface area contributed by atoms with E-state index in [1.807, 2.05) is 0 Å². The molecule has 0 amide bonds. The summed E-state index contributed by atoms with van der Waals surface area (Å²) in [4.78, 5) is 11.5. The van der Waals surface area contributed by atoms with E-state index in [1.165, 1.54) is 31.1 Å². The summed E-state index contributed by atoms with van der Waals surface area (Å²) in [6.45, 7) is 33.2. The molecule has 0 aliphatic heterocycles. The topological polar surface area (TPSA) is 54.0 Å². The van der Waals surface area contributed by atoms with Crippen LogP contribution in [0.15, 0.2) is 47.1 Å². The summed E-state index contributed by atoms with van der Waals surface area (Å²) in [5.41, 5.74) is 5.51. The van der Waals surface area contributed by atoms with E-state index in [0.717, 1.165) is 31.3 Å². The van der Waals surface area contributed by atoms with Gasteiger partial charge in [0.25, 0.3) is 0 Å². The van der Waals surface area contributed by atoms with Crippen molar-refractivity contribution in [1.82, 2.24) is 0 Å². The monoisotopic (exact) mass is 658 g/mol. The molecule has 0 spiro atoms. The average Bonchev–Trinajstić information content (AvgIpc) is 3.27. The minimum absolute atomic E-state index is 0.00684. The van der Waals surface area contributed by atoms with E-state index in [2.05, 4.69) is 106 Å². The van der Waals surface area contributed by atoms with Crippen molar-refractivity contribution in [2.75, 3.05) is 13.7 Å². The van der Waals surface area contributed by atoms with Gasteiger partial charge in [-0.3, -0.25) is 4.79 Å². The lowest BCUT2D eigenvalue weighted by Crippen LogP contribution is -2.49. The number of hydrogen-bond donors (Lipinski definition) is 0. The second kappa shape index (κ2) is 14.5. The molecule has 0 aromatic heterocycles. The van der Waals surface area contributed by atoms with Crippen LogP contribution in [0.4, 0.5) is 0 Å². The SMILES string of the molecule is C=C1C(=CC=C2CCC[C@]3(C)C([C@H](C)OCCCC(=O)OC)=CC[C@@H]23)C[C@@H](O[Si](C)(C)C(C)(C)C)C[C@@H]1O[Si](C)(C)C(C)(C)C. The van der Waals surface area contributed by atoms with E-state index in [4.69, 9.17) is 18.3 Å². The molecule has 0 bridgehead atoms. The van der Waals surface area contributed by atoms with Crippen LogP contribution in [0.2, 0.25) is 36.3 Å². The van der Waals surface area contributed by atoms with Gasteiger partial charge in [0.05, 0.1) is 25.4 Å². The Morgan fingerprint density at radius 1 is 1.07 bits per heavy atom. The Hall–Kier alpha value is -1.26. The highest BCUT2D eigenvalue weighted by molar-refractivity contribution is 6.74. The number of hydrogen-bond acceptors (Lipinski definition) is 5. The Kier molecular flexibility index (Phi) is 12.3. The van der Waals surface area contributed by atoms with Gasteiger partial charge < -0.3 is 18.3 Å². The van der Waals surface area contributed by atoms with Gasteiger partial charge in [-0.15, -0.1) is 0 Å². The van der Waals surface area contributed by atoms with Gasteiger partial charge in [-0.05, 0) is 110 Å². The molecule has 7 heteroatoms. The highest BCUT2D eigenvalue weighted by atomic mass is 28.4. The van der Waals surface area contributed by atoms with Crippen molar-refractivity contribution in [1.29, 1.82) is 0 Å². The smallest absolute Gasteiger partial charge is 0.305 e. The summed E-state index contributed by atoms with van der Waals surface area (Å²) in [7, 11) is -2.51. The van der Waals surface area contributed by atoms with Gasteiger partial charge >= 0.3 is 5.97 Å². The Bertz CT molecular complexity index is 1170. The lowest BCUT2D eigenvalue weighted by molar-refractivity contribution is -0.141. The first-order valence-electron chi connectivity index (χ1n) is 17.5. The number of ether oxygens (including phenoxy) is 2. The summed E-state index contributed by atoms with van der Waals surface area (Å²) < 4.78 is 25.1. The van der Waals surface area contributed by atoms with Gasteiger partial charge in [0.1, 0.15) is 0 Å². The zero-order valence-electron chi connectivity index (χ0n) is 31.2. The maximum Gasteiger partial charge on any atom is 0.305 e. The fourth-order valence-electron chi connectivity index (χ4n) is 6.92. The second-order valence-electron chi connectivity index (χ2n) is 17.2. The molecular formula is C38H66O5Si2. The third-order valence-corrected chi connectivity index (χ3v) is 20.9. The fourth-order valence-corrected chi connectivity index (χ4v) is 9.59. The van der Waals surface area contributed by atoms with E-state index in [0.29, 0.717) is 25.4 Å². The van der Waals surface area contributed by atoms with Gasteiger partial charge in [0.2, 0.25) is 0 Å². The van der Waals surface area contributed by atoms with Crippen LogP contribution in [0, 0.1) is 11.3 Å². The number of fused-ring (bicyclic) bond motifs is 1. The minimum Gasteiger partial charge on any atom is -0.469 e. The number of esters is 1. The van der Waals surface area contributed by atoms with Crippen molar-refractivity contribution in [3.05, 3.63) is 47.1 Å². The molecule has 3 aliphatic rings. The summed E-state index contributed by atoms with van der Waals surface area (Å²) in [5.74, 6) is 0.320. The first-order chi connectivity index (χ1) is 20.6. The standard InChI is InChI=1S/C38H66O5Si2/c1-27-30(25-31(42-44(11,12)36(3,4)5)26-34(27)43-45(13,14)37(6,7)8)20-19-29-17-15-23-38(9)32(21-22-33(29)38)28(2)41-24-16-18-35(39)40-10/h19-21,28,31,33-34H,1,15-18,22-26H2,2-14H3/t28-,31+,33-,34-,38+/m0/s1. The van der Waals surface area contributed by atoms with Crippen LogP contribution in [-0.4, -0.2) is 54.6 Å². The molecular weight excluding hydrogens is 593 g/mol. The molecule has 2 saturated carbocycles. The third kappa shape index (κ3) is 9.01. The van der Waals surface area contributed by atoms with Crippen LogP contribution in [0.25, 0.3) is 0 Å². The molecule has 0 aromatic carbocycles. The third-order valence-electron chi connectivity index (χ3n) is 11.9. The maximum absolute atomic E-state index is 11.5. The molecule has 0 N–H and O–H groups in total. The molecule has 5 nitrogen and oxygen atoms in total. The number of methoxy groups -OCH3 is 1. The molecule has 256 valence electrons. The van der Waals surface area contributed by atoms with E-state index >= 15 is 0 Å². The van der Waals surface area contributed by atoms with Crippen LogP contribution in [0.3, 0.4) is 0 Å². The largest absolute Gasteiger partial charge is 0.469 e. The van der Waals surface area contributed by atoms with Crippen LogP contribution in [0.1, 0.15) is 107 Å². The summed E-state index contributed by atoms with van der Waals surface area (Å²) in [5, 5.41) is 0.291. The fraction of sp³-hybridized carbons (Fsp3) is 0.763. The number of carbonyl (C=O) groups is 1. The van der Waals surface area contributed by atoms with Gasteiger partial charge in [0.15, 0.2) is 16.6 Å². The molecule has 5 atom stereocenters. The Balaban J connectivity index is 1.83. The highest BCUT2D eigenvalue weighted by Gasteiger charge is 2.47. The molecule has 0 heterocycles. The highest BCUT2D eigenvalue weighted by Crippen LogP contribution is 2.56. The lowest BCUT2D eigenvalue weighted by atomic mass is 9.63. The van der Waals surface area contributed by atoms with E-state index < -0.39 is 16.6 Å². The predicted molar refractivity (Wildman–Crippen MR) is 193 cm³/mol.